The van der Waals surface area contributed by atoms with Gasteiger partial charge in [0, 0.05) is 29.3 Å². The highest BCUT2D eigenvalue weighted by molar-refractivity contribution is 7.92. The van der Waals surface area contributed by atoms with E-state index in [1.165, 1.54) is 12.1 Å². The first-order chi connectivity index (χ1) is 18.8. The number of fused-ring (bicyclic) bond motifs is 3. The van der Waals surface area contributed by atoms with Crippen molar-refractivity contribution >= 4 is 21.6 Å². The van der Waals surface area contributed by atoms with E-state index in [-0.39, 0.29) is 29.7 Å². The summed E-state index contributed by atoms with van der Waals surface area (Å²) in [5.74, 6) is 0.295. The lowest BCUT2D eigenvalue weighted by molar-refractivity contribution is -0.142. The monoisotopic (exact) mass is 556 g/mol. The average Bonchev–Trinajstić information content (AvgIpc) is 3.29. The molecular formula is C28H29FN2O7S. The maximum absolute atomic E-state index is 13.2. The SMILES string of the molecule is COc1ccccc1CNC(=O)C[C@@H]1C[C@H]2c3cc(NS(=O)(=O)c4ccc(F)cc4)ccc3O[C@H]2[C@H](CO)O1. The van der Waals surface area contributed by atoms with Crippen LogP contribution in [0.2, 0.25) is 0 Å². The normalized spacial score (nSPS) is 21.8. The molecule has 11 heteroatoms. The van der Waals surface area contributed by atoms with Gasteiger partial charge in [-0.15, -0.1) is 0 Å². The van der Waals surface area contributed by atoms with Gasteiger partial charge in [0.25, 0.3) is 10.0 Å². The van der Waals surface area contributed by atoms with E-state index in [9.17, 15) is 22.7 Å². The number of para-hydroxylation sites is 1. The van der Waals surface area contributed by atoms with Crippen molar-refractivity contribution in [1.82, 2.24) is 5.32 Å². The van der Waals surface area contributed by atoms with Crippen molar-refractivity contribution in [3.05, 3.63) is 83.7 Å². The van der Waals surface area contributed by atoms with Gasteiger partial charge in [-0.25, -0.2) is 12.8 Å². The number of aliphatic hydroxyl groups excluding tert-OH is 1. The number of benzene rings is 3. The lowest BCUT2D eigenvalue weighted by Gasteiger charge is -2.37. The molecule has 3 N–H and O–H groups in total. The van der Waals surface area contributed by atoms with E-state index < -0.39 is 34.2 Å². The number of sulfonamides is 1. The number of halogens is 1. The van der Waals surface area contributed by atoms with Gasteiger partial charge in [-0.3, -0.25) is 9.52 Å². The predicted molar refractivity (Wildman–Crippen MR) is 141 cm³/mol. The third-order valence-corrected chi connectivity index (χ3v) is 8.35. The van der Waals surface area contributed by atoms with Gasteiger partial charge in [-0.1, -0.05) is 18.2 Å². The van der Waals surface area contributed by atoms with Crippen molar-refractivity contribution in [3.8, 4) is 11.5 Å². The van der Waals surface area contributed by atoms with Crippen molar-refractivity contribution in [2.75, 3.05) is 18.4 Å². The molecule has 0 unspecified atom stereocenters. The number of ether oxygens (including phenoxy) is 3. The number of amides is 1. The van der Waals surface area contributed by atoms with Crippen LogP contribution in [-0.4, -0.2) is 51.5 Å². The van der Waals surface area contributed by atoms with Crippen LogP contribution in [0.1, 0.15) is 29.9 Å². The van der Waals surface area contributed by atoms with Gasteiger partial charge in [0.15, 0.2) is 0 Å². The predicted octanol–water partition coefficient (Wildman–Crippen LogP) is 3.34. The minimum atomic E-state index is -3.94. The van der Waals surface area contributed by atoms with E-state index in [1.54, 1.807) is 25.3 Å². The van der Waals surface area contributed by atoms with Crippen LogP contribution in [0.5, 0.6) is 11.5 Å². The quantitative estimate of drug-likeness (QED) is 0.370. The van der Waals surface area contributed by atoms with Gasteiger partial charge in [0.05, 0.1) is 31.1 Å². The van der Waals surface area contributed by atoms with Crippen molar-refractivity contribution in [2.24, 2.45) is 0 Å². The van der Waals surface area contributed by atoms with Gasteiger partial charge < -0.3 is 24.6 Å². The third kappa shape index (κ3) is 5.85. The van der Waals surface area contributed by atoms with Crippen LogP contribution >= 0.6 is 0 Å². The number of nitrogens with one attached hydrogen (secondary N) is 2. The Morgan fingerprint density at radius 2 is 1.90 bits per heavy atom. The van der Waals surface area contributed by atoms with Gasteiger partial charge in [-0.05, 0) is 55.0 Å². The lowest BCUT2D eigenvalue weighted by Crippen LogP contribution is -2.47. The highest BCUT2D eigenvalue weighted by atomic mass is 32.2. The number of hydrogen-bond donors (Lipinski definition) is 3. The molecule has 2 aliphatic rings. The van der Waals surface area contributed by atoms with Gasteiger partial charge in [0.2, 0.25) is 5.91 Å². The maximum atomic E-state index is 13.2. The molecule has 2 heterocycles. The highest BCUT2D eigenvalue weighted by Gasteiger charge is 2.46. The van der Waals surface area contributed by atoms with E-state index in [0.29, 0.717) is 30.2 Å². The zero-order valence-electron chi connectivity index (χ0n) is 21.2. The van der Waals surface area contributed by atoms with Crippen LogP contribution in [0.25, 0.3) is 0 Å². The Balaban J connectivity index is 1.28. The van der Waals surface area contributed by atoms with Crippen LogP contribution in [0.3, 0.4) is 0 Å². The van der Waals surface area contributed by atoms with Crippen molar-refractivity contribution in [2.45, 2.75) is 48.5 Å². The smallest absolute Gasteiger partial charge is 0.261 e. The van der Waals surface area contributed by atoms with Crippen molar-refractivity contribution in [3.63, 3.8) is 0 Å². The summed E-state index contributed by atoms with van der Waals surface area (Å²) >= 11 is 0. The molecule has 1 amide bonds. The van der Waals surface area contributed by atoms with E-state index in [2.05, 4.69) is 10.0 Å². The topological polar surface area (TPSA) is 123 Å². The molecule has 2 aliphatic heterocycles. The molecule has 39 heavy (non-hydrogen) atoms. The fourth-order valence-corrected chi connectivity index (χ4v) is 6.15. The minimum Gasteiger partial charge on any atom is -0.496 e. The molecule has 5 rings (SSSR count). The number of carbonyl (C=O) groups excluding carboxylic acids is 1. The van der Waals surface area contributed by atoms with Gasteiger partial charge in [0.1, 0.15) is 29.5 Å². The van der Waals surface area contributed by atoms with Crippen LogP contribution in [0.15, 0.2) is 71.6 Å². The molecule has 0 saturated carbocycles. The number of hydrogen-bond acceptors (Lipinski definition) is 7. The zero-order valence-corrected chi connectivity index (χ0v) is 22.0. The summed E-state index contributed by atoms with van der Waals surface area (Å²) in [6.07, 6.45) is -1.06. The van der Waals surface area contributed by atoms with Crippen molar-refractivity contribution in [1.29, 1.82) is 0 Å². The second kappa shape index (κ2) is 11.2. The van der Waals surface area contributed by atoms with Gasteiger partial charge >= 0.3 is 0 Å². The molecule has 1 saturated heterocycles. The number of carbonyl (C=O) groups is 1. The lowest BCUT2D eigenvalue weighted by atomic mass is 9.84. The van der Waals surface area contributed by atoms with E-state index in [0.717, 1.165) is 23.3 Å². The summed E-state index contributed by atoms with van der Waals surface area (Å²) in [6, 6.07) is 16.9. The largest absolute Gasteiger partial charge is 0.496 e. The summed E-state index contributed by atoms with van der Waals surface area (Å²) < 4.78 is 58.8. The Bertz CT molecular complexity index is 1450. The van der Waals surface area contributed by atoms with Gasteiger partial charge in [-0.2, -0.15) is 0 Å². The second-order valence-electron chi connectivity index (χ2n) is 9.51. The van der Waals surface area contributed by atoms with Crippen LogP contribution in [0.4, 0.5) is 10.1 Å². The summed E-state index contributed by atoms with van der Waals surface area (Å²) in [4.78, 5) is 12.7. The Kier molecular flexibility index (Phi) is 7.74. The molecule has 0 aliphatic carbocycles. The van der Waals surface area contributed by atoms with Crippen molar-refractivity contribution < 1.29 is 36.9 Å². The Hall–Kier alpha value is -3.67. The molecule has 1 fully saturated rings. The Morgan fingerprint density at radius 3 is 2.64 bits per heavy atom. The maximum Gasteiger partial charge on any atom is 0.261 e. The Labute approximate surface area is 226 Å². The molecule has 4 atom stereocenters. The summed E-state index contributed by atoms with van der Waals surface area (Å²) in [7, 11) is -2.37. The first-order valence-electron chi connectivity index (χ1n) is 12.5. The highest BCUT2D eigenvalue weighted by Crippen LogP contribution is 2.47. The number of methoxy groups -OCH3 is 1. The molecule has 0 bridgehead atoms. The fourth-order valence-electron chi connectivity index (χ4n) is 5.10. The molecule has 3 aromatic carbocycles. The number of aliphatic hydroxyl groups is 1. The first kappa shape index (κ1) is 26.9. The minimum absolute atomic E-state index is 0.0656. The zero-order chi connectivity index (χ0) is 27.6. The van der Waals surface area contributed by atoms with Crippen LogP contribution < -0.4 is 19.5 Å². The molecular weight excluding hydrogens is 527 g/mol. The van der Waals surface area contributed by atoms with E-state index in [1.807, 2.05) is 24.3 Å². The summed E-state index contributed by atoms with van der Waals surface area (Å²) in [6.45, 7) is 0.00704. The fraction of sp³-hybridized carbons (Fsp3) is 0.321. The average molecular weight is 557 g/mol. The summed E-state index contributed by atoms with van der Waals surface area (Å²) in [5.41, 5.74) is 1.93. The van der Waals surface area contributed by atoms with Crippen LogP contribution in [-0.2, 0) is 26.1 Å². The Morgan fingerprint density at radius 1 is 1.13 bits per heavy atom. The molecule has 0 aromatic heterocycles. The molecule has 9 nitrogen and oxygen atoms in total. The number of anilines is 1. The molecule has 0 radical (unpaired) electrons. The first-order valence-corrected chi connectivity index (χ1v) is 14.0. The van der Waals surface area contributed by atoms with E-state index >= 15 is 0 Å². The van der Waals surface area contributed by atoms with Crippen LogP contribution in [0, 0.1) is 5.82 Å². The standard InChI is InChI=1S/C28H29FN2O7S/c1-36-24-5-3-2-4-17(24)15-30-27(33)14-20-13-23-22-12-19(8-11-25(22)38-28(23)26(16-32)37-20)31-39(34,35)21-9-6-18(29)7-10-21/h2-12,20,23,26,28,31-32H,13-16H2,1H3,(H,30,33)/t20-,23-,26-,28+/m0/s1. The molecule has 0 spiro atoms. The molecule has 3 aromatic rings. The van der Waals surface area contributed by atoms with E-state index in [4.69, 9.17) is 14.2 Å². The summed E-state index contributed by atoms with van der Waals surface area (Å²) in [5, 5.41) is 12.9. The second-order valence-corrected chi connectivity index (χ2v) is 11.2. The molecule has 206 valence electrons. The third-order valence-electron chi connectivity index (χ3n) is 6.96. The number of rotatable bonds is 9.